The van der Waals surface area contributed by atoms with Gasteiger partial charge in [-0.1, -0.05) is 40.5 Å². The molecule has 0 heterocycles. The summed E-state index contributed by atoms with van der Waals surface area (Å²) in [5.41, 5.74) is 0. The van der Waals surface area contributed by atoms with Crippen molar-refractivity contribution in [3.63, 3.8) is 0 Å². The number of rotatable bonds is 8. The molecule has 0 saturated carbocycles. The zero-order valence-electron chi connectivity index (χ0n) is 9.92. The lowest BCUT2D eigenvalue weighted by atomic mass is 9.93. The second kappa shape index (κ2) is 8.21. The summed E-state index contributed by atoms with van der Waals surface area (Å²) in [5.74, 6) is 1.16. The van der Waals surface area contributed by atoms with Gasteiger partial charge in [0.2, 0.25) is 6.41 Å². The van der Waals surface area contributed by atoms with Crippen molar-refractivity contribution in [3.8, 4) is 0 Å². The predicted octanol–water partition coefficient (Wildman–Crippen LogP) is 1.96. The standard InChI is InChI=1S/C11H25NO2/c1-5-7-9(3)10(4)8-14-11(13)12-6-2/h9-13H,5-8H2,1-4H3/t9-,10?,11?/m1/s1. The molecule has 0 aromatic rings. The van der Waals surface area contributed by atoms with E-state index in [1.54, 1.807) is 0 Å². The molecule has 14 heavy (non-hydrogen) atoms. The first kappa shape index (κ1) is 13.9. The summed E-state index contributed by atoms with van der Waals surface area (Å²) in [7, 11) is 0. The lowest BCUT2D eigenvalue weighted by molar-refractivity contribution is -0.130. The van der Waals surface area contributed by atoms with Gasteiger partial charge in [0.25, 0.3) is 0 Å². The van der Waals surface area contributed by atoms with Crippen LogP contribution >= 0.6 is 0 Å². The first-order chi connectivity index (χ1) is 6.61. The third kappa shape index (κ3) is 6.35. The van der Waals surface area contributed by atoms with Crippen molar-refractivity contribution in [3.05, 3.63) is 0 Å². The average Bonchev–Trinajstić information content (AvgIpc) is 2.15. The van der Waals surface area contributed by atoms with Gasteiger partial charge in [-0.2, -0.15) is 0 Å². The van der Waals surface area contributed by atoms with Crippen LogP contribution in [0.2, 0.25) is 0 Å². The van der Waals surface area contributed by atoms with Crippen LogP contribution in [0.4, 0.5) is 0 Å². The van der Waals surface area contributed by atoms with Gasteiger partial charge in [0, 0.05) is 0 Å². The van der Waals surface area contributed by atoms with Gasteiger partial charge in [0.1, 0.15) is 0 Å². The molecule has 3 heteroatoms. The Morgan fingerprint density at radius 3 is 2.36 bits per heavy atom. The van der Waals surface area contributed by atoms with Crippen molar-refractivity contribution in [1.29, 1.82) is 0 Å². The fourth-order valence-electron chi connectivity index (χ4n) is 1.38. The quantitative estimate of drug-likeness (QED) is 0.593. The minimum Gasteiger partial charge on any atom is -0.356 e. The molecule has 0 spiro atoms. The van der Waals surface area contributed by atoms with Gasteiger partial charge in [-0.3, -0.25) is 5.32 Å². The van der Waals surface area contributed by atoms with E-state index in [4.69, 9.17) is 4.74 Å². The van der Waals surface area contributed by atoms with Crippen LogP contribution in [0, 0.1) is 11.8 Å². The number of nitrogens with one attached hydrogen (secondary N) is 1. The molecule has 0 rings (SSSR count). The lowest BCUT2D eigenvalue weighted by Gasteiger charge is -2.21. The summed E-state index contributed by atoms with van der Waals surface area (Å²) in [6.07, 6.45) is 1.62. The molecule has 86 valence electrons. The van der Waals surface area contributed by atoms with E-state index < -0.39 is 6.41 Å². The SMILES string of the molecule is CCC[C@@H](C)C(C)COC(O)NCC. The molecule has 0 aliphatic carbocycles. The zero-order chi connectivity index (χ0) is 11.0. The van der Waals surface area contributed by atoms with Crippen LogP contribution in [0.15, 0.2) is 0 Å². The van der Waals surface area contributed by atoms with Crippen LogP contribution < -0.4 is 5.32 Å². The first-order valence-corrected chi connectivity index (χ1v) is 5.64. The Morgan fingerprint density at radius 2 is 1.86 bits per heavy atom. The van der Waals surface area contributed by atoms with E-state index in [0.29, 0.717) is 18.4 Å². The summed E-state index contributed by atoms with van der Waals surface area (Å²) >= 11 is 0. The van der Waals surface area contributed by atoms with Crippen molar-refractivity contribution in [2.75, 3.05) is 13.2 Å². The van der Waals surface area contributed by atoms with E-state index in [2.05, 4.69) is 26.1 Å². The lowest BCUT2D eigenvalue weighted by Crippen LogP contribution is -2.33. The molecular formula is C11H25NO2. The van der Waals surface area contributed by atoms with Crippen LogP contribution in [0.25, 0.3) is 0 Å². The fourth-order valence-corrected chi connectivity index (χ4v) is 1.38. The van der Waals surface area contributed by atoms with E-state index in [1.807, 2.05) is 6.92 Å². The number of ether oxygens (including phenoxy) is 1. The van der Waals surface area contributed by atoms with Crippen LogP contribution in [0.5, 0.6) is 0 Å². The maximum Gasteiger partial charge on any atom is 0.213 e. The molecule has 2 N–H and O–H groups in total. The molecule has 0 aromatic carbocycles. The number of hydrogen-bond acceptors (Lipinski definition) is 3. The largest absolute Gasteiger partial charge is 0.356 e. The Bertz CT molecular complexity index is 130. The summed E-state index contributed by atoms with van der Waals surface area (Å²) in [6.45, 7) is 9.87. The summed E-state index contributed by atoms with van der Waals surface area (Å²) in [4.78, 5) is 0. The summed E-state index contributed by atoms with van der Waals surface area (Å²) in [5, 5.41) is 12.1. The highest BCUT2D eigenvalue weighted by Gasteiger charge is 2.13. The topological polar surface area (TPSA) is 41.5 Å². The molecule has 0 aliphatic rings. The molecule has 0 aliphatic heterocycles. The normalized spacial score (nSPS) is 17.8. The van der Waals surface area contributed by atoms with Crippen molar-refractivity contribution in [2.45, 2.75) is 47.0 Å². The van der Waals surface area contributed by atoms with Gasteiger partial charge < -0.3 is 9.84 Å². The highest BCUT2D eigenvalue weighted by atomic mass is 16.6. The van der Waals surface area contributed by atoms with Gasteiger partial charge in [-0.25, -0.2) is 0 Å². The smallest absolute Gasteiger partial charge is 0.213 e. The third-order valence-electron chi connectivity index (χ3n) is 2.61. The summed E-state index contributed by atoms with van der Waals surface area (Å²) in [6, 6.07) is 0. The second-order valence-corrected chi connectivity index (χ2v) is 3.99. The average molecular weight is 203 g/mol. The van der Waals surface area contributed by atoms with Gasteiger partial charge in [-0.15, -0.1) is 0 Å². The zero-order valence-corrected chi connectivity index (χ0v) is 9.92. The van der Waals surface area contributed by atoms with Crippen molar-refractivity contribution < 1.29 is 9.84 Å². The van der Waals surface area contributed by atoms with Crippen LogP contribution in [0.3, 0.4) is 0 Å². The highest BCUT2D eigenvalue weighted by molar-refractivity contribution is 4.60. The molecule has 2 unspecified atom stereocenters. The molecule has 0 fully saturated rings. The van der Waals surface area contributed by atoms with Crippen molar-refractivity contribution in [2.24, 2.45) is 11.8 Å². The van der Waals surface area contributed by atoms with E-state index in [-0.39, 0.29) is 0 Å². The monoisotopic (exact) mass is 203 g/mol. The Kier molecular flexibility index (Phi) is 8.14. The van der Waals surface area contributed by atoms with Gasteiger partial charge in [0.15, 0.2) is 0 Å². The second-order valence-electron chi connectivity index (χ2n) is 3.99. The minimum atomic E-state index is -0.809. The van der Waals surface area contributed by atoms with Crippen LogP contribution in [-0.2, 0) is 4.74 Å². The van der Waals surface area contributed by atoms with Gasteiger partial charge in [-0.05, 0) is 18.4 Å². The molecule has 0 radical (unpaired) electrons. The van der Waals surface area contributed by atoms with E-state index in [9.17, 15) is 5.11 Å². The van der Waals surface area contributed by atoms with Crippen LogP contribution in [0.1, 0.15) is 40.5 Å². The van der Waals surface area contributed by atoms with Crippen LogP contribution in [-0.4, -0.2) is 24.7 Å². The summed E-state index contributed by atoms with van der Waals surface area (Å²) < 4.78 is 5.26. The van der Waals surface area contributed by atoms with Gasteiger partial charge >= 0.3 is 0 Å². The maximum atomic E-state index is 9.28. The van der Waals surface area contributed by atoms with E-state index >= 15 is 0 Å². The molecule has 3 atom stereocenters. The predicted molar refractivity (Wildman–Crippen MR) is 58.9 cm³/mol. The van der Waals surface area contributed by atoms with E-state index in [0.717, 1.165) is 6.54 Å². The first-order valence-electron chi connectivity index (χ1n) is 5.64. The Morgan fingerprint density at radius 1 is 1.21 bits per heavy atom. The molecule has 0 amide bonds. The number of aliphatic hydroxyl groups is 1. The maximum absolute atomic E-state index is 9.28. The molecular weight excluding hydrogens is 178 g/mol. The third-order valence-corrected chi connectivity index (χ3v) is 2.61. The molecule has 0 saturated heterocycles. The van der Waals surface area contributed by atoms with Gasteiger partial charge in [0.05, 0.1) is 6.61 Å². The molecule has 0 aromatic heterocycles. The van der Waals surface area contributed by atoms with Crippen molar-refractivity contribution >= 4 is 0 Å². The molecule has 0 bridgehead atoms. The Labute approximate surface area is 87.8 Å². The van der Waals surface area contributed by atoms with E-state index in [1.165, 1.54) is 12.8 Å². The highest BCUT2D eigenvalue weighted by Crippen LogP contribution is 2.16. The number of aliphatic hydroxyl groups excluding tert-OH is 1. The number of hydrogen-bond donors (Lipinski definition) is 2. The van der Waals surface area contributed by atoms with Crippen molar-refractivity contribution in [1.82, 2.24) is 5.32 Å². The Balaban J connectivity index is 3.56. The minimum absolute atomic E-state index is 0.503. The molecule has 3 nitrogen and oxygen atoms in total. The Hall–Kier alpha value is -0.120. The fraction of sp³-hybridized carbons (Fsp3) is 1.00.